The largest absolute Gasteiger partial charge is 0.311 e. The molecule has 110 valence electrons. The molecule has 0 spiro atoms. The minimum atomic E-state index is 0.354. The molecular weight excluding hydrogens is 242 g/mol. The van der Waals surface area contributed by atoms with Crippen LogP contribution in [0.15, 0.2) is 30.3 Å². The van der Waals surface area contributed by atoms with Crippen molar-refractivity contribution in [3.05, 3.63) is 35.9 Å². The second-order valence-electron chi connectivity index (χ2n) is 7.65. The molecule has 0 saturated heterocycles. The van der Waals surface area contributed by atoms with E-state index in [0.717, 1.165) is 18.4 Å². The van der Waals surface area contributed by atoms with Gasteiger partial charge in [0, 0.05) is 5.54 Å². The van der Waals surface area contributed by atoms with Crippen LogP contribution in [0.2, 0.25) is 0 Å². The fourth-order valence-electron chi connectivity index (χ4n) is 4.77. The van der Waals surface area contributed by atoms with E-state index in [1.807, 2.05) is 0 Å². The van der Waals surface area contributed by atoms with Crippen LogP contribution < -0.4 is 5.32 Å². The van der Waals surface area contributed by atoms with Gasteiger partial charge >= 0.3 is 0 Å². The highest BCUT2D eigenvalue weighted by Gasteiger charge is 2.59. The lowest BCUT2D eigenvalue weighted by atomic mass is 9.64. The Bertz CT molecular complexity index is 450. The van der Waals surface area contributed by atoms with Crippen LogP contribution in [-0.2, 0) is 6.42 Å². The lowest BCUT2D eigenvalue weighted by Crippen LogP contribution is -2.57. The summed E-state index contributed by atoms with van der Waals surface area (Å²) in [6.07, 6.45) is 6.79. The average Bonchev–Trinajstić information content (AvgIpc) is 3.00. The van der Waals surface area contributed by atoms with Crippen molar-refractivity contribution in [2.45, 2.75) is 58.4 Å². The Morgan fingerprint density at radius 3 is 2.40 bits per heavy atom. The molecule has 0 aromatic heterocycles. The van der Waals surface area contributed by atoms with Gasteiger partial charge in [0.05, 0.1) is 0 Å². The third-order valence-electron chi connectivity index (χ3n) is 6.59. The topological polar surface area (TPSA) is 12.0 Å². The summed E-state index contributed by atoms with van der Waals surface area (Å²) in [6.45, 7) is 8.61. The maximum absolute atomic E-state index is 3.95. The Morgan fingerprint density at radius 1 is 1.05 bits per heavy atom. The molecule has 1 heteroatoms. The van der Waals surface area contributed by atoms with Crippen molar-refractivity contribution in [1.82, 2.24) is 5.32 Å². The van der Waals surface area contributed by atoms with Crippen LogP contribution >= 0.6 is 0 Å². The van der Waals surface area contributed by atoms with Crippen LogP contribution in [-0.4, -0.2) is 12.1 Å². The molecule has 3 rings (SSSR count). The number of fused-ring (bicyclic) bond motifs is 2. The standard InChI is InChI=1S/C19H29N/c1-18(2)16-11-12-17(14-16)19(18,3)20-13-7-10-15-8-5-4-6-9-15/h4-6,8-9,16-17,20H,7,10-14H2,1-3H3/t16-,17-,19-/m0/s1. The molecule has 0 aliphatic heterocycles. The number of hydrogen-bond acceptors (Lipinski definition) is 1. The minimum Gasteiger partial charge on any atom is -0.311 e. The minimum absolute atomic E-state index is 0.354. The predicted molar refractivity (Wildman–Crippen MR) is 85.8 cm³/mol. The van der Waals surface area contributed by atoms with Crippen molar-refractivity contribution in [1.29, 1.82) is 0 Å². The molecule has 2 bridgehead atoms. The summed E-state index contributed by atoms with van der Waals surface area (Å²) in [5.41, 5.74) is 2.28. The summed E-state index contributed by atoms with van der Waals surface area (Å²) in [6, 6.07) is 10.9. The van der Waals surface area contributed by atoms with Gasteiger partial charge < -0.3 is 5.32 Å². The van der Waals surface area contributed by atoms with Crippen LogP contribution in [0, 0.1) is 17.3 Å². The van der Waals surface area contributed by atoms with E-state index in [9.17, 15) is 0 Å². The van der Waals surface area contributed by atoms with E-state index in [0.29, 0.717) is 11.0 Å². The smallest absolute Gasteiger partial charge is 0.0235 e. The van der Waals surface area contributed by atoms with Gasteiger partial charge in [-0.15, -0.1) is 0 Å². The molecule has 0 radical (unpaired) electrons. The summed E-state index contributed by atoms with van der Waals surface area (Å²) >= 11 is 0. The van der Waals surface area contributed by atoms with Crippen molar-refractivity contribution in [3.63, 3.8) is 0 Å². The quantitative estimate of drug-likeness (QED) is 0.782. The fourth-order valence-corrected chi connectivity index (χ4v) is 4.77. The van der Waals surface area contributed by atoms with Crippen molar-refractivity contribution in [2.75, 3.05) is 6.54 Å². The van der Waals surface area contributed by atoms with Crippen molar-refractivity contribution < 1.29 is 0 Å². The van der Waals surface area contributed by atoms with Gasteiger partial charge in [-0.1, -0.05) is 44.2 Å². The predicted octanol–water partition coefficient (Wildman–Crippen LogP) is 4.42. The van der Waals surface area contributed by atoms with Crippen LogP contribution in [0.5, 0.6) is 0 Å². The highest BCUT2D eigenvalue weighted by Crippen LogP contribution is 2.61. The first kappa shape index (κ1) is 14.1. The van der Waals surface area contributed by atoms with E-state index >= 15 is 0 Å². The molecule has 3 atom stereocenters. The van der Waals surface area contributed by atoms with Gasteiger partial charge in [0.2, 0.25) is 0 Å². The van der Waals surface area contributed by atoms with Gasteiger partial charge in [-0.05, 0) is 68.4 Å². The molecule has 2 fully saturated rings. The molecule has 1 aromatic carbocycles. The number of hydrogen-bond donors (Lipinski definition) is 1. The second kappa shape index (κ2) is 5.18. The van der Waals surface area contributed by atoms with E-state index in [2.05, 4.69) is 56.4 Å². The Balaban J connectivity index is 1.53. The van der Waals surface area contributed by atoms with Crippen LogP contribution in [0.25, 0.3) is 0 Å². The maximum Gasteiger partial charge on any atom is 0.0235 e. The molecule has 1 nitrogen and oxygen atoms in total. The second-order valence-corrected chi connectivity index (χ2v) is 7.65. The van der Waals surface area contributed by atoms with Gasteiger partial charge in [0.15, 0.2) is 0 Å². The summed E-state index contributed by atoms with van der Waals surface area (Å²) in [5.74, 6) is 1.85. The van der Waals surface area contributed by atoms with Gasteiger partial charge in [-0.2, -0.15) is 0 Å². The first-order valence-corrected chi connectivity index (χ1v) is 8.33. The Labute approximate surface area is 124 Å². The van der Waals surface area contributed by atoms with E-state index in [4.69, 9.17) is 0 Å². The fraction of sp³-hybridized carbons (Fsp3) is 0.684. The third-order valence-corrected chi connectivity index (χ3v) is 6.59. The molecule has 2 saturated carbocycles. The molecule has 20 heavy (non-hydrogen) atoms. The summed E-state index contributed by atoms with van der Waals surface area (Å²) in [5, 5.41) is 3.95. The Kier molecular flexibility index (Phi) is 3.66. The molecule has 1 aromatic rings. The highest BCUT2D eigenvalue weighted by molar-refractivity contribution is 5.16. The van der Waals surface area contributed by atoms with Gasteiger partial charge in [-0.25, -0.2) is 0 Å². The van der Waals surface area contributed by atoms with Gasteiger partial charge in [0.25, 0.3) is 0 Å². The normalized spacial score (nSPS) is 34.5. The molecule has 2 aliphatic rings. The molecule has 0 heterocycles. The molecule has 1 N–H and O–H groups in total. The Hall–Kier alpha value is -0.820. The van der Waals surface area contributed by atoms with E-state index in [1.165, 1.54) is 37.7 Å². The van der Waals surface area contributed by atoms with Gasteiger partial charge in [0.1, 0.15) is 0 Å². The van der Waals surface area contributed by atoms with Crippen molar-refractivity contribution in [3.8, 4) is 0 Å². The van der Waals surface area contributed by atoms with Crippen LogP contribution in [0.1, 0.15) is 52.0 Å². The monoisotopic (exact) mass is 271 g/mol. The summed E-state index contributed by atoms with van der Waals surface area (Å²) in [4.78, 5) is 0. The molecular formula is C19H29N. The first-order chi connectivity index (χ1) is 9.54. The lowest BCUT2D eigenvalue weighted by molar-refractivity contribution is 0.0660. The third kappa shape index (κ3) is 2.20. The molecule has 0 unspecified atom stereocenters. The van der Waals surface area contributed by atoms with E-state index < -0.39 is 0 Å². The Morgan fingerprint density at radius 2 is 1.75 bits per heavy atom. The van der Waals surface area contributed by atoms with Crippen LogP contribution in [0.3, 0.4) is 0 Å². The lowest BCUT2D eigenvalue weighted by Gasteiger charge is -2.48. The average molecular weight is 271 g/mol. The van der Waals surface area contributed by atoms with Crippen molar-refractivity contribution in [2.24, 2.45) is 17.3 Å². The number of aryl methyl sites for hydroxylation is 1. The zero-order valence-corrected chi connectivity index (χ0v) is 13.3. The summed E-state index contributed by atoms with van der Waals surface area (Å²) in [7, 11) is 0. The number of benzene rings is 1. The number of rotatable bonds is 5. The van der Waals surface area contributed by atoms with E-state index in [1.54, 1.807) is 0 Å². The highest BCUT2D eigenvalue weighted by atomic mass is 15.0. The summed E-state index contributed by atoms with van der Waals surface area (Å²) < 4.78 is 0. The first-order valence-electron chi connectivity index (χ1n) is 8.33. The number of nitrogens with one attached hydrogen (secondary N) is 1. The molecule has 2 aliphatic carbocycles. The van der Waals surface area contributed by atoms with E-state index in [-0.39, 0.29) is 0 Å². The maximum atomic E-state index is 3.95. The van der Waals surface area contributed by atoms with Gasteiger partial charge in [-0.3, -0.25) is 0 Å². The zero-order valence-electron chi connectivity index (χ0n) is 13.3. The molecule has 0 amide bonds. The SMILES string of the molecule is CC1(C)[C@H]2CC[C@@H](C2)[C@]1(C)NCCCc1ccccc1. The zero-order chi connectivity index (χ0) is 14.2. The van der Waals surface area contributed by atoms with Crippen molar-refractivity contribution >= 4 is 0 Å². The van der Waals surface area contributed by atoms with Crippen LogP contribution in [0.4, 0.5) is 0 Å².